The molecular weight excluding hydrogens is 493 g/mol. The Labute approximate surface area is 211 Å². The molecule has 0 spiro atoms. The first-order valence-corrected chi connectivity index (χ1v) is 13.2. The van der Waals surface area contributed by atoms with Gasteiger partial charge in [-0.1, -0.05) is 53.4 Å². The molecule has 0 radical (unpaired) electrons. The molecule has 0 bridgehead atoms. The lowest BCUT2D eigenvalue weighted by Gasteiger charge is -2.33. The Bertz CT molecular complexity index is 1250. The minimum Gasteiger partial charge on any atom is -0.465 e. The number of aryl methyl sites for hydroxylation is 1. The second kappa shape index (κ2) is 10.5. The van der Waals surface area contributed by atoms with Gasteiger partial charge in [-0.05, 0) is 38.5 Å². The van der Waals surface area contributed by atoms with Crippen LogP contribution in [0.15, 0.2) is 59.3 Å². The highest BCUT2D eigenvalue weighted by molar-refractivity contribution is 8.14. The number of aromatic nitrogens is 1. The number of nitrogens with zero attached hydrogens (tertiary/aromatic N) is 2. The van der Waals surface area contributed by atoms with Gasteiger partial charge in [-0.15, -0.1) is 0 Å². The van der Waals surface area contributed by atoms with Crippen molar-refractivity contribution >= 4 is 53.0 Å². The zero-order valence-corrected chi connectivity index (χ0v) is 21.3. The van der Waals surface area contributed by atoms with Crippen LogP contribution in [0.5, 0.6) is 0 Å². The van der Waals surface area contributed by atoms with Crippen molar-refractivity contribution in [3.05, 3.63) is 71.1 Å². The van der Waals surface area contributed by atoms with E-state index in [2.05, 4.69) is 0 Å². The molecule has 0 saturated carbocycles. The van der Waals surface area contributed by atoms with E-state index < -0.39 is 18.9 Å². The highest BCUT2D eigenvalue weighted by Crippen LogP contribution is 2.43. The fraction of sp³-hybridized carbons (Fsp3) is 0.292. The summed E-state index contributed by atoms with van der Waals surface area (Å²) in [6.45, 7) is 1.51. The van der Waals surface area contributed by atoms with E-state index in [0.717, 1.165) is 43.6 Å². The third-order valence-electron chi connectivity index (χ3n) is 5.52. The van der Waals surface area contributed by atoms with Gasteiger partial charge in [-0.25, -0.2) is 0 Å². The molecule has 0 N–H and O–H groups in total. The second-order valence-corrected chi connectivity index (χ2v) is 9.86. The van der Waals surface area contributed by atoms with Gasteiger partial charge in [0.2, 0.25) is 0 Å². The Morgan fingerprint density at radius 2 is 1.57 bits per heavy atom. The summed E-state index contributed by atoms with van der Waals surface area (Å²) in [5.41, 5.74) is 3.26. The molecule has 0 atom stereocenters. The van der Waals surface area contributed by atoms with Gasteiger partial charge in [0.15, 0.2) is 10.7 Å². The summed E-state index contributed by atoms with van der Waals surface area (Å²) in [6.07, 6.45) is 3.28. The third kappa shape index (κ3) is 4.97. The smallest absolute Gasteiger partial charge is 0.465 e. The van der Waals surface area contributed by atoms with Crippen LogP contribution in [0.4, 0.5) is 8.63 Å². The molecule has 3 heterocycles. The van der Waals surface area contributed by atoms with Gasteiger partial charge in [0.1, 0.15) is 5.75 Å². The average Bonchev–Trinajstić information content (AvgIpc) is 3.44. The Balaban J connectivity index is 1.82. The van der Waals surface area contributed by atoms with Gasteiger partial charge in [0.25, 0.3) is 0 Å². The molecule has 2 aromatic rings. The van der Waals surface area contributed by atoms with Crippen LogP contribution in [0.25, 0.3) is 5.57 Å². The van der Waals surface area contributed by atoms with Crippen molar-refractivity contribution in [2.75, 3.05) is 24.7 Å². The van der Waals surface area contributed by atoms with Crippen LogP contribution in [0.3, 0.4) is 0 Å². The molecule has 2 aliphatic heterocycles. The first-order chi connectivity index (χ1) is 16.8. The van der Waals surface area contributed by atoms with Crippen LogP contribution >= 0.6 is 23.5 Å². The molecule has 0 fully saturated rings. The molecule has 0 unspecified atom stereocenters. The summed E-state index contributed by atoms with van der Waals surface area (Å²) >= 11 is 2.03. The van der Waals surface area contributed by atoms with Crippen molar-refractivity contribution in [1.29, 1.82) is 0 Å². The summed E-state index contributed by atoms with van der Waals surface area (Å²) in [7, 11) is 0. The number of hydrogen-bond acceptors (Lipinski definition) is 6. The standard InChI is InChI=1S/C24H25BF2N2O4S2/c1-4-32-22(30)14-34-20-12-10-18-24(17-8-6-16(3)7-9-17)19-11-13-21(35-15-23(31)33-5-2)29(19)25(26,27)28(18)20/h6-13H,4-5,14-15H2,1-3H3. The van der Waals surface area contributed by atoms with Crippen LogP contribution in [0, 0.1) is 6.92 Å². The molecule has 0 saturated heterocycles. The maximum absolute atomic E-state index is 16.2. The number of esters is 2. The number of allylic oxidation sites excluding steroid dienone is 1. The number of thioether (sulfide) groups is 2. The first-order valence-electron chi connectivity index (χ1n) is 11.2. The number of benzene rings is 1. The normalized spacial score (nSPS) is 15.8. The van der Waals surface area contributed by atoms with Crippen molar-refractivity contribution in [2.24, 2.45) is 0 Å². The summed E-state index contributed by atoms with van der Waals surface area (Å²) in [6, 6.07) is 11.0. The van der Waals surface area contributed by atoms with E-state index in [4.69, 9.17) is 9.47 Å². The molecule has 1 aromatic carbocycles. The maximum Gasteiger partial charge on any atom is 0.738 e. The van der Waals surface area contributed by atoms with Gasteiger partial charge in [-0.2, -0.15) is 0 Å². The van der Waals surface area contributed by atoms with Crippen molar-refractivity contribution < 1.29 is 32.2 Å². The summed E-state index contributed by atoms with van der Waals surface area (Å²) in [5.74, 6) is -1.08. The average molecular weight is 518 g/mol. The number of fused-ring (bicyclic) bond motifs is 2. The lowest BCUT2D eigenvalue weighted by Crippen LogP contribution is -2.51. The summed E-state index contributed by atoms with van der Waals surface area (Å²) < 4.78 is 44.3. The van der Waals surface area contributed by atoms with Gasteiger partial charge in [0.05, 0.1) is 24.5 Å². The van der Waals surface area contributed by atoms with Gasteiger partial charge in [0, 0.05) is 22.9 Å². The number of hydrogen-bond donors (Lipinski definition) is 0. The molecule has 0 amide bonds. The predicted octanol–water partition coefficient (Wildman–Crippen LogP) is 4.72. The fourth-order valence-corrected chi connectivity index (χ4v) is 5.83. The molecule has 2 aliphatic rings. The van der Waals surface area contributed by atoms with E-state index in [1.54, 1.807) is 38.1 Å². The highest BCUT2D eigenvalue weighted by atomic mass is 32.2. The topological polar surface area (TPSA) is 60.5 Å². The van der Waals surface area contributed by atoms with E-state index in [1.807, 2.05) is 31.2 Å². The SMILES string of the molecule is CCOC(=O)CSC1=[N+]2C(=C(c3ccc(C)cc3)c3ccc(SCC(=O)OCC)n3[B-]2(F)F)C=C1. The Morgan fingerprint density at radius 3 is 2.20 bits per heavy atom. The molecule has 6 nitrogen and oxygen atoms in total. The molecule has 35 heavy (non-hydrogen) atoms. The van der Waals surface area contributed by atoms with E-state index in [9.17, 15) is 9.59 Å². The minimum absolute atomic E-state index is 0.0771. The number of halogens is 2. The maximum atomic E-state index is 16.2. The first kappa shape index (κ1) is 25.3. The van der Waals surface area contributed by atoms with Crippen molar-refractivity contribution in [3.8, 4) is 0 Å². The zero-order chi connectivity index (χ0) is 25.2. The molecule has 4 rings (SSSR count). The minimum atomic E-state index is -4.30. The molecule has 0 aliphatic carbocycles. The Hall–Kier alpha value is -2.79. The fourth-order valence-electron chi connectivity index (χ4n) is 4.08. The molecule has 11 heteroatoms. The van der Waals surface area contributed by atoms with Crippen molar-refractivity contribution in [3.63, 3.8) is 0 Å². The number of carbonyl (C=O) groups is 2. The largest absolute Gasteiger partial charge is 0.738 e. The number of carbonyl (C=O) groups excluding carboxylic acids is 2. The van der Waals surface area contributed by atoms with Crippen LogP contribution in [0.1, 0.15) is 30.7 Å². The molecule has 184 valence electrons. The Kier molecular flexibility index (Phi) is 7.56. The highest BCUT2D eigenvalue weighted by Gasteiger charge is 2.54. The number of ether oxygens (including phenoxy) is 2. The van der Waals surface area contributed by atoms with Crippen molar-refractivity contribution in [2.45, 2.75) is 25.8 Å². The summed E-state index contributed by atoms with van der Waals surface area (Å²) in [5, 5.41) is 0.534. The van der Waals surface area contributed by atoms with Crippen LogP contribution in [0.2, 0.25) is 0 Å². The van der Waals surface area contributed by atoms with Gasteiger partial charge in [-0.3, -0.25) is 9.59 Å². The van der Waals surface area contributed by atoms with E-state index >= 15 is 8.63 Å². The van der Waals surface area contributed by atoms with E-state index in [-0.39, 0.29) is 34.8 Å². The quantitative estimate of drug-likeness (QED) is 0.286. The molecule has 1 aromatic heterocycles. The van der Waals surface area contributed by atoms with Gasteiger partial charge < -0.3 is 27.1 Å². The number of rotatable bonds is 8. The third-order valence-corrected chi connectivity index (χ3v) is 7.54. The Morgan fingerprint density at radius 1 is 0.943 bits per heavy atom. The zero-order valence-electron chi connectivity index (χ0n) is 19.6. The van der Waals surface area contributed by atoms with E-state index in [0.29, 0.717) is 17.0 Å². The lowest BCUT2D eigenvalue weighted by molar-refractivity contribution is -0.359. The lowest BCUT2D eigenvalue weighted by atomic mass is 9.86. The predicted molar refractivity (Wildman–Crippen MR) is 136 cm³/mol. The van der Waals surface area contributed by atoms with Crippen LogP contribution in [-0.2, 0) is 19.1 Å². The molecular formula is C24H25BF2N2O4S2. The monoisotopic (exact) mass is 518 g/mol. The van der Waals surface area contributed by atoms with Crippen molar-refractivity contribution in [1.82, 2.24) is 4.48 Å². The summed E-state index contributed by atoms with van der Waals surface area (Å²) in [4.78, 5) is 23.8. The van der Waals surface area contributed by atoms with Crippen LogP contribution in [-0.4, -0.2) is 57.6 Å². The van der Waals surface area contributed by atoms with Crippen LogP contribution < -0.4 is 0 Å². The van der Waals surface area contributed by atoms with Gasteiger partial charge >= 0.3 is 18.9 Å². The second-order valence-electron chi connectivity index (χ2n) is 7.87. The van der Waals surface area contributed by atoms with E-state index in [1.165, 1.54) is 0 Å².